The second-order valence-electron chi connectivity index (χ2n) is 4.05. The van der Waals surface area contributed by atoms with Crippen LogP contribution in [0.15, 0.2) is 42.5 Å². The number of para-hydroxylation sites is 1. The number of phenolic OH excluding ortho intramolecular Hbond substituents is 1. The molecule has 0 aliphatic rings. The van der Waals surface area contributed by atoms with Gasteiger partial charge in [-0.25, -0.2) is 4.39 Å². The molecule has 3 heteroatoms. The van der Waals surface area contributed by atoms with Crippen LogP contribution in [-0.4, -0.2) is 5.11 Å². The normalized spacial score (nSPS) is 12.4. The van der Waals surface area contributed by atoms with Crippen LogP contribution in [-0.2, 0) is 0 Å². The molecule has 2 rings (SSSR count). The summed E-state index contributed by atoms with van der Waals surface area (Å²) in [5.41, 5.74) is 7.45. The molecule has 0 heterocycles. The lowest BCUT2D eigenvalue weighted by Crippen LogP contribution is -2.05. The van der Waals surface area contributed by atoms with Crippen LogP contribution >= 0.6 is 0 Å². The lowest BCUT2D eigenvalue weighted by molar-refractivity contribution is 0.476. The van der Waals surface area contributed by atoms with Crippen molar-refractivity contribution in [2.75, 3.05) is 0 Å². The molecule has 17 heavy (non-hydrogen) atoms. The molecule has 0 aromatic heterocycles. The molecule has 3 N–H and O–H groups in total. The topological polar surface area (TPSA) is 46.2 Å². The molecule has 2 aromatic rings. The number of nitrogens with two attached hydrogens (primary N) is 1. The third-order valence-electron chi connectivity index (χ3n) is 2.71. The lowest BCUT2D eigenvalue weighted by atomic mass is 9.99. The largest absolute Gasteiger partial charge is 0.507 e. The van der Waals surface area contributed by atoms with Crippen molar-refractivity contribution in [3.63, 3.8) is 0 Å². The van der Waals surface area contributed by atoms with E-state index in [9.17, 15) is 9.50 Å². The maximum atomic E-state index is 13.7. The summed E-state index contributed by atoms with van der Waals surface area (Å²) in [6.07, 6.45) is 0. The van der Waals surface area contributed by atoms with Crippen molar-refractivity contribution < 1.29 is 9.50 Å². The van der Waals surface area contributed by atoms with Crippen LogP contribution in [0.1, 0.15) is 18.5 Å². The molecule has 1 atom stereocenters. The van der Waals surface area contributed by atoms with Crippen molar-refractivity contribution in [1.82, 2.24) is 0 Å². The van der Waals surface area contributed by atoms with Gasteiger partial charge in [-0.15, -0.1) is 0 Å². The van der Waals surface area contributed by atoms with E-state index in [1.807, 2.05) is 6.92 Å². The van der Waals surface area contributed by atoms with Crippen LogP contribution in [0, 0.1) is 5.82 Å². The van der Waals surface area contributed by atoms with Crippen molar-refractivity contribution in [2.24, 2.45) is 5.73 Å². The molecular weight excluding hydrogens is 217 g/mol. The van der Waals surface area contributed by atoms with E-state index in [2.05, 4.69) is 0 Å². The van der Waals surface area contributed by atoms with Gasteiger partial charge in [0.2, 0.25) is 0 Å². The van der Waals surface area contributed by atoms with Gasteiger partial charge < -0.3 is 10.8 Å². The second kappa shape index (κ2) is 4.55. The van der Waals surface area contributed by atoms with E-state index in [4.69, 9.17) is 5.73 Å². The SMILES string of the molecule is CC(N)c1ccc(F)c(-c2ccccc2O)c1. The Balaban J connectivity index is 2.59. The molecule has 0 radical (unpaired) electrons. The predicted molar refractivity (Wildman–Crippen MR) is 66.1 cm³/mol. The van der Waals surface area contributed by atoms with Gasteiger partial charge >= 0.3 is 0 Å². The molecule has 0 aliphatic heterocycles. The highest BCUT2D eigenvalue weighted by molar-refractivity contribution is 5.71. The van der Waals surface area contributed by atoms with E-state index in [0.29, 0.717) is 11.1 Å². The molecule has 0 aliphatic carbocycles. The Labute approximate surface area is 99.5 Å². The molecule has 0 fully saturated rings. The first-order valence-electron chi connectivity index (χ1n) is 5.43. The average molecular weight is 231 g/mol. The van der Waals surface area contributed by atoms with Gasteiger partial charge in [-0.1, -0.05) is 24.3 Å². The van der Waals surface area contributed by atoms with Crippen molar-refractivity contribution >= 4 is 0 Å². The summed E-state index contributed by atoms with van der Waals surface area (Å²) in [4.78, 5) is 0. The zero-order chi connectivity index (χ0) is 12.4. The summed E-state index contributed by atoms with van der Waals surface area (Å²) in [5, 5.41) is 9.72. The molecule has 0 saturated heterocycles. The number of phenols is 1. The summed E-state index contributed by atoms with van der Waals surface area (Å²) >= 11 is 0. The van der Waals surface area contributed by atoms with E-state index in [1.165, 1.54) is 12.1 Å². The maximum Gasteiger partial charge on any atom is 0.131 e. The third-order valence-corrected chi connectivity index (χ3v) is 2.71. The molecule has 0 amide bonds. The first kappa shape index (κ1) is 11.6. The number of hydrogen-bond acceptors (Lipinski definition) is 2. The highest BCUT2D eigenvalue weighted by atomic mass is 19.1. The van der Waals surface area contributed by atoms with Crippen molar-refractivity contribution in [3.05, 3.63) is 53.8 Å². The number of benzene rings is 2. The van der Waals surface area contributed by atoms with E-state index in [0.717, 1.165) is 5.56 Å². The molecule has 0 bridgehead atoms. The second-order valence-corrected chi connectivity index (χ2v) is 4.05. The zero-order valence-electron chi connectivity index (χ0n) is 9.52. The predicted octanol–water partition coefficient (Wildman–Crippen LogP) is 3.22. The summed E-state index contributed by atoms with van der Waals surface area (Å²) < 4.78 is 13.7. The highest BCUT2D eigenvalue weighted by Crippen LogP contribution is 2.32. The van der Waals surface area contributed by atoms with E-state index >= 15 is 0 Å². The van der Waals surface area contributed by atoms with Crippen molar-refractivity contribution in [1.29, 1.82) is 0 Å². The summed E-state index contributed by atoms with van der Waals surface area (Å²) in [6, 6.07) is 11.2. The first-order chi connectivity index (χ1) is 8.09. The fourth-order valence-corrected chi connectivity index (χ4v) is 1.73. The van der Waals surface area contributed by atoms with Gasteiger partial charge in [-0.3, -0.25) is 0 Å². The molecular formula is C14H14FNO. The van der Waals surface area contributed by atoms with E-state index in [-0.39, 0.29) is 17.6 Å². The smallest absolute Gasteiger partial charge is 0.131 e. The zero-order valence-corrected chi connectivity index (χ0v) is 9.52. The maximum absolute atomic E-state index is 13.7. The van der Waals surface area contributed by atoms with Gasteiger partial charge in [0.05, 0.1) is 0 Å². The minimum Gasteiger partial charge on any atom is -0.507 e. The number of halogens is 1. The fourth-order valence-electron chi connectivity index (χ4n) is 1.73. The van der Waals surface area contributed by atoms with Crippen LogP contribution in [0.4, 0.5) is 4.39 Å². The Hall–Kier alpha value is -1.87. The molecule has 0 saturated carbocycles. The molecule has 1 unspecified atom stereocenters. The highest BCUT2D eigenvalue weighted by Gasteiger charge is 2.11. The minimum atomic E-state index is -0.365. The Morgan fingerprint density at radius 2 is 1.82 bits per heavy atom. The fraction of sp³-hybridized carbons (Fsp3) is 0.143. The standard InChI is InChI=1S/C14H14FNO/c1-9(16)10-6-7-13(15)12(8-10)11-4-2-3-5-14(11)17/h2-9,17H,16H2,1H3. The summed E-state index contributed by atoms with van der Waals surface area (Å²) in [7, 11) is 0. The first-order valence-corrected chi connectivity index (χ1v) is 5.43. The summed E-state index contributed by atoms with van der Waals surface area (Å²) in [5.74, 6) is -0.302. The Bertz CT molecular complexity index is 537. The Morgan fingerprint density at radius 3 is 2.47 bits per heavy atom. The van der Waals surface area contributed by atoms with E-state index in [1.54, 1.807) is 30.3 Å². The number of hydrogen-bond donors (Lipinski definition) is 2. The van der Waals surface area contributed by atoms with Crippen LogP contribution in [0.25, 0.3) is 11.1 Å². The van der Waals surface area contributed by atoms with Crippen molar-refractivity contribution in [3.8, 4) is 16.9 Å². The molecule has 2 aromatic carbocycles. The molecule has 2 nitrogen and oxygen atoms in total. The lowest BCUT2D eigenvalue weighted by Gasteiger charge is -2.10. The third kappa shape index (κ3) is 2.29. The van der Waals surface area contributed by atoms with Gasteiger partial charge in [-0.05, 0) is 30.7 Å². The number of aromatic hydroxyl groups is 1. The Kier molecular flexibility index (Phi) is 3.11. The van der Waals surface area contributed by atoms with Gasteiger partial charge in [0.15, 0.2) is 0 Å². The molecule has 88 valence electrons. The minimum absolute atomic E-state index is 0.0632. The Morgan fingerprint density at radius 1 is 1.12 bits per heavy atom. The van der Waals surface area contributed by atoms with Gasteiger partial charge in [-0.2, -0.15) is 0 Å². The van der Waals surface area contributed by atoms with Gasteiger partial charge in [0.25, 0.3) is 0 Å². The average Bonchev–Trinajstić information content (AvgIpc) is 2.30. The van der Waals surface area contributed by atoms with Crippen LogP contribution in [0.3, 0.4) is 0 Å². The van der Waals surface area contributed by atoms with Gasteiger partial charge in [0.1, 0.15) is 11.6 Å². The summed E-state index contributed by atoms with van der Waals surface area (Å²) in [6.45, 7) is 1.84. The van der Waals surface area contributed by atoms with E-state index < -0.39 is 0 Å². The van der Waals surface area contributed by atoms with Gasteiger partial charge in [0, 0.05) is 17.2 Å². The van der Waals surface area contributed by atoms with Crippen LogP contribution in [0.5, 0.6) is 5.75 Å². The van der Waals surface area contributed by atoms with Crippen LogP contribution in [0.2, 0.25) is 0 Å². The van der Waals surface area contributed by atoms with Crippen molar-refractivity contribution in [2.45, 2.75) is 13.0 Å². The quantitative estimate of drug-likeness (QED) is 0.833. The monoisotopic (exact) mass is 231 g/mol. The van der Waals surface area contributed by atoms with Crippen LogP contribution < -0.4 is 5.73 Å². The number of rotatable bonds is 2. The molecule has 0 spiro atoms.